The van der Waals surface area contributed by atoms with Crippen LogP contribution in [0.3, 0.4) is 0 Å². The van der Waals surface area contributed by atoms with E-state index in [1.807, 2.05) is 0 Å². The highest BCUT2D eigenvalue weighted by atomic mass is 19.4. The Hall–Kier alpha value is -2.78. The molecule has 1 amide bonds. The number of halogens is 7. The Morgan fingerprint density at radius 1 is 1.04 bits per heavy atom. The van der Waals surface area contributed by atoms with E-state index in [0.29, 0.717) is 5.69 Å². The monoisotopic (exact) mass is 381 g/mol. The molecule has 10 heteroatoms. The fourth-order valence-corrected chi connectivity index (χ4v) is 2.04. The van der Waals surface area contributed by atoms with Gasteiger partial charge in [-0.1, -0.05) is 12.1 Å². The number of benzene rings is 2. The Morgan fingerprint density at radius 3 is 2.12 bits per heavy atom. The van der Waals surface area contributed by atoms with Crippen molar-refractivity contribution < 1.29 is 40.3 Å². The number of amides is 1. The summed E-state index contributed by atoms with van der Waals surface area (Å²) in [6.07, 6.45) is -5.66. The minimum Gasteiger partial charge on any atom is -0.477 e. The molecule has 2 aromatic carbocycles. The maximum absolute atomic E-state index is 13.6. The van der Waals surface area contributed by atoms with Gasteiger partial charge in [-0.15, -0.1) is 0 Å². The number of carbonyl (C=O) groups is 1. The summed E-state index contributed by atoms with van der Waals surface area (Å²) in [4.78, 5) is 11.7. The van der Waals surface area contributed by atoms with Gasteiger partial charge in [-0.3, -0.25) is 4.79 Å². The number of nitrogens with one attached hydrogen (secondary N) is 1. The number of ether oxygens (including phenoxy) is 1. The van der Waals surface area contributed by atoms with E-state index in [-0.39, 0.29) is 0 Å². The lowest BCUT2D eigenvalue weighted by atomic mass is 10.1. The van der Waals surface area contributed by atoms with Gasteiger partial charge in [0.05, 0.1) is 0 Å². The molecule has 1 N–H and O–H groups in total. The van der Waals surface area contributed by atoms with Crippen molar-refractivity contribution in [2.75, 3.05) is 11.9 Å². The number of aryl methyl sites for hydroxylation is 1. The molecule has 0 aliphatic rings. The Bertz CT molecular complexity index is 820. The smallest absolute Gasteiger partial charge is 0.422 e. The molecule has 0 atom stereocenters. The molecule has 26 heavy (non-hydrogen) atoms. The molecule has 0 radical (unpaired) electrons. The lowest BCUT2D eigenvalue weighted by Crippen LogP contribution is -2.22. The van der Waals surface area contributed by atoms with Crippen LogP contribution in [0.4, 0.5) is 36.4 Å². The van der Waals surface area contributed by atoms with Crippen molar-refractivity contribution in [2.24, 2.45) is 0 Å². The summed E-state index contributed by atoms with van der Waals surface area (Å²) in [5.74, 6) is -12.8. The minimum atomic E-state index is -5.66. The van der Waals surface area contributed by atoms with Gasteiger partial charge in [-0.05, 0) is 24.6 Å². The third-order valence-corrected chi connectivity index (χ3v) is 3.16. The fraction of sp³-hybridized carbons (Fsp3) is 0.188. The van der Waals surface area contributed by atoms with Crippen molar-refractivity contribution in [3.05, 3.63) is 58.7 Å². The second-order valence-electron chi connectivity index (χ2n) is 5.16. The highest BCUT2D eigenvalue weighted by Gasteiger charge is 2.42. The Morgan fingerprint density at radius 2 is 1.62 bits per heavy atom. The first-order valence-corrected chi connectivity index (χ1v) is 6.94. The molecule has 0 aromatic heterocycles. The molecule has 0 aliphatic heterocycles. The quantitative estimate of drug-likeness (QED) is 0.622. The Labute approximate surface area is 142 Å². The highest BCUT2D eigenvalue weighted by molar-refractivity contribution is 5.91. The molecule has 0 unspecified atom stereocenters. The zero-order chi connectivity index (χ0) is 19.6. The summed E-state index contributed by atoms with van der Waals surface area (Å²) in [7, 11) is 0. The van der Waals surface area contributed by atoms with Crippen LogP contribution in [0.1, 0.15) is 11.1 Å². The van der Waals surface area contributed by atoms with E-state index in [1.165, 1.54) is 6.07 Å². The van der Waals surface area contributed by atoms with Gasteiger partial charge >= 0.3 is 6.18 Å². The minimum absolute atomic E-state index is 0.310. The molecule has 2 aromatic rings. The van der Waals surface area contributed by atoms with Crippen LogP contribution in [0, 0.1) is 30.2 Å². The number of alkyl halides is 3. The van der Waals surface area contributed by atoms with Gasteiger partial charge in [0.15, 0.2) is 24.0 Å². The number of hydrogen-bond donors (Lipinski definition) is 1. The maximum Gasteiger partial charge on any atom is 0.422 e. The number of anilines is 1. The average Bonchev–Trinajstić information content (AvgIpc) is 2.52. The summed E-state index contributed by atoms with van der Waals surface area (Å²) < 4.78 is 95.9. The molecule has 0 bridgehead atoms. The molecular weight excluding hydrogens is 371 g/mol. The average molecular weight is 381 g/mol. The van der Waals surface area contributed by atoms with Gasteiger partial charge in [0.25, 0.3) is 5.91 Å². The molecule has 0 saturated carbocycles. The third-order valence-electron chi connectivity index (χ3n) is 3.16. The van der Waals surface area contributed by atoms with E-state index in [4.69, 9.17) is 0 Å². The van der Waals surface area contributed by atoms with Crippen molar-refractivity contribution >= 4 is 11.6 Å². The van der Waals surface area contributed by atoms with Gasteiger partial charge in [-0.2, -0.15) is 22.0 Å². The van der Waals surface area contributed by atoms with Crippen LogP contribution in [0.15, 0.2) is 24.3 Å². The second-order valence-corrected chi connectivity index (χ2v) is 5.16. The SMILES string of the molecule is Cc1cccc(NC(=O)COc2c(F)c(F)c(C(F)(F)F)c(F)c2F)c1. The van der Waals surface area contributed by atoms with Crippen LogP contribution in [0.5, 0.6) is 5.75 Å². The molecule has 0 fully saturated rings. The topological polar surface area (TPSA) is 38.3 Å². The van der Waals surface area contributed by atoms with Gasteiger partial charge < -0.3 is 10.1 Å². The van der Waals surface area contributed by atoms with E-state index < -0.39 is 53.3 Å². The lowest BCUT2D eigenvalue weighted by Gasteiger charge is -2.14. The zero-order valence-corrected chi connectivity index (χ0v) is 13.0. The zero-order valence-electron chi connectivity index (χ0n) is 13.0. The molecule has 0 saturated heterocycles. The number of hydrogen-bond acceptors (Lipinski definition) is 2. The molecule has 0 spiro atoms. The van der Waals surface area contributed by atoms with Gasteiger partial charge in [0, 0.05) is 5.69 Å². The summed E-state index contributed by atoms with van der Waals surface area (Å²) >= 11 is 0. The third kappa shape index (κ3) is 4.06. The van der Waals surface area contributed by atoms with E-state index >= 15 is 0 Å². The summed E-state index contributed by atoms with van der Waals surface area (Å²) in [5, 5.41) is 2.28. The van der Waals surface area contributed by atoms with Crippen molar-refractivity contribution in [3.8, 4) is 5.75 Å². The molecule has 0 aliphatic carbocycles. The molecule has 2 rings (SSSR count). The first kappa shape index (κ1) is 19.5. The molecule has 140 valence electrons. The van der Waals surface area contributed by atoms with E-state index in [2.05, 4.69) is 10.1 Å². The van der Waals surface area contributed by atoms with E-state index in [0.717, 1.165) is 5.56 Å². The van der Waals surface area contributed by atoms with Crippen molar-refractivity contribution in [1.29, 1.82) is 0 Å². The lowest BCUT2D eigenvalue weighted by molar-refractivity contribution is -0.143. The second kappa shape index (κ2) is 7.22. The molecule has 3 nitrogen and oxygen atoms in total. The van der Waals surface area contributed by atoms with Gasteiger partial charge in [0.1, 0.15) is 5.56 Å². The predicted molar refractivity (Wildman–Crippen MR) is 76.6 cm³/mol. The van der Waals surface area contributed by atoms with Crippen LogP contribution >= 0.6 is 0 Å². The predicted octanol–water partition coefficient (Wildman–Crippen LogP) is 4.59. The van der Waals surface area contributed by atoms with Crippen LogP contribution in [-0.2, 0) is 11.0 Å². The van der Waals surface area contributed by atoms with E-state index in [1.54, 1.807) is 25.1 Å². The normalized spacial score (nSPS) is 11.4. The standard InChI is InChI=1S/C16H10F7NO2/c1-7-3-2-4-8(5-7)24-9(25)6-26-15-13(19)11(17)10(16(21,22)23)12(18)14(15)20/h2-5H,6H2,1H3,(H,24,25). The largest absolute Gasteiger partial charge is 0.477 e. The number of carbonyl (C=O) groups excluding carboxylic acids is 1. The summed E-state index contributed by atoms with van der Waals surface area (Å²) in [6, 6.07) is 6.37. The van der Waals surface area contributed by atoms with Crippen LogP contribution in [-0.4, -0.2) is 12.5 Å². The highest BCUT2D eigenvalue weighted by Crippen LogP contribution is 2.39. The van der Waals surface area contributed by atoms with Crippen molar-refractivity contribution in [2.45, 2.75) is 13.1 Å². The van der Waals surface area contributed by atoms with Gasteiger partial charge in [0.2, 0.25) is 11.6 Å². The number of rotatable bonds is 4. The van der Waals surface area contributed by atoms with Crippen molar-refractivity contribution in [3.63, 3.8) is 0 Å². The first-order chi connectivity index (χ1) is 12.0. The van der Waals surface area contributed by atoms with Crippen LogP contribution < -0.4 is 10.1 Å². The van der Waals surface area contributed by atoms with Crippen molar-refractivity contribution in [1.82, 2.24) is 0 Å². The summed E-state index contributed by atoms with van der Waals surface area (Å²) in [5.41, 5.74) is -1.62. The fourth-order valence-electron chi connectivity index (χ4n) is 2.04. The molecule has 0 heterocycles. The first-order valence-electron chi connectivity index (χ1n) is 6.94. The summed E-state index contributed by atoms with van der Waals surface area (Å²) in [6.45, 7) is 0.636. The Balaban J connectivity index is 2.21. The van der Waals surface area contributed by atoms with Gasteiger partial charge in [-0.25, -0.2) is 8.78 Å². The van der Waals surface area contributed by atoms with Crippen LogP contribution in [0.25, 0.3) is 0 Å². The Kier molecular flexibility index (Phi) is 5.43. The van der Waals surface area contributed by atoms with E-state index in [9.17, 15) is 35.5 Å². The molecular formula is C16H10F7NO2. The maximum atomic E-state index is 13.6. The van der Waals surface area contributed by atoms with Crippen LogP contribution in [0.2, 0.25) is 0 Å².